The van der Waals surface area contributed by atoms with Gasteiger partial charge in [0.1, 0.15) is 5.37 Å². The van der Waals surface area contributed by atoms with Crippen molar-refractivity contribution in [3.8, 4) is 0 Å². The van der Waals surface area contributed by atoms with Gasteiger partial charge in [-0.05, 0) is 24.3 Å². The Morgan fingerprint density at radius 1 is 1.09 bits per heavy atom. The fraction of sp³-hybridized carbons (Fsp3) is 0.125. The molecule has 0 aromatic heterocycles. The van der Waals surface area contributed by atoms with E-state index in [2.05, 4.69) is 10.1 Å². The summed E-state index contributed by atoms with van der Waals surface area (Å²) in [7, 11) is 1.26. The highest BCUT2D eigenvalue weighted by Gasteiger charge is 2.23. The molecule has 0 fully saturated rings. The number of hydrogen-bond acceptors (Lipinski definition) is 4. The van der Waals surface area contributed by atoms with E-state index in [4.69, 9.17) is 11.6 Å². The topological polar surface area (TPSA) is 55.4 Å². The van der Waals surface area contributed by atoms with Crippen molar-refractivity contribution in [3.05, 3.63) is 65.2 Å². The van der Waals surface area contributed by atoms with Gasteiger partial charge in [0.2, 0.25) is 0 Å². The van der Waals surface area contributed by atoms with Crippen LogP contribution in [0.4, 0.5) is 4.79 Å². The monoisotopic (exact) mass is 335 g/mol. The van der Waals surface area contributed by atoms with Crippen molar-refractivity contribution in [1.82, 2.24) is 5.32 Å². The number of halogens is 1. The predicted molar refractivity (Wildman–Crippen MR) is 87.4 cm³/mol. The van der Waals surface area contributed by atoms with Crippen LogP contribution in [0.15, 0.2) is 59.5 Å². The predicted octanol–water partition coefficient (Wildman–Crippen LogP) is 4.00. The third-order valence-corrected chi connectivity index (χ3v) is 4.16. The normalized spacial score (nSPS) is 11.5. The van der Waals surface area contributed by atoms with E-state index < -0.39 is 11.5 Å². The van der Waals surface area contributed by atoms with Crippen LogP contribution in [0.1, 0.15) is 10.4 Å². The number of carbonyl (C=O) groups is 2. The van der Waals surface area contributed by atoms with Crippen LogP contribution in [0.25, 0.3) is 0 Å². The molecule has 1 atom stereocenters. The summed E-state index contributed by atoms with van der Waals surface area (Å²) < 4.78 is 4.59. The molecule has 0 heterocycles. The molecule has 2 aromatic carbocycles. The number of carbonyl (C=O) groups excluding carboxylic acids is 2. The summed E-state index contributed by atoms with van der Waals surface area (Å²) >= 11 is 7.07. The Labute approximate surface area is 137 Å². The summed E-state index contributed by atoms with van der Waals surface area (Å²) in [4.78, 5) is 24.8. The molecule has 0 aliphatic rings. The van der Waals surface area contributed by atoms with Crippen LogP contribution in [-0.2, 0) is 4.74 Å². The molecule has 1 amide bonds. The molecule has 0 saturated carbocycles. The van der Waals surface area contributed by atoms with Crippen LogP contribution in [0.2, 0.25) is 5.02 Å². The van der Waals surface area contributed by atoms with E-state index in [0.717, 1.165) is 4.90 Å². The average molecular weight is 336 g/mol. The highest BCUT2D eigenvalue weighted by atomic mass is 35.5. The molecule has 2 rings (SSSR count). The van der Waals surface area contributed by atoms with Crippen molar-refractivity contribution in [2.24, 2.45) is 0 Å². The maximum absolute atomic E-state index is 12.6. The molecular weight excluding hydrogens is 322 g/mol. The van der Waals surface area contributed by atoms with Gasteiger partial charge >= 0.3 is 6.09 Å². The zero-order valence-corrected chi connectivity index (χ0v) is 13.4. The zero-order valence-electron chi connectivity index (χ0n) is 11.8. The van der Waals surface area contributed by atoms with E-state index in [1.165, 1.54) is 18.9 Å². The standard InChI is InChI=1S/C16H14ClNO3S/c1-21-16(20)18-15(14(19)11-5-3-2-4-6-11)22-13-9-7-12(17)8-10-13/h2-10,15H,1H3,(H,18,20)/t15-/m1/s1. The molecule has 4 nitrogen and oxygen atoms in total. The number of rotatable bonds is 5. The number of benzene rings is 2. The minimum Gasteiger partial charge on any atom is -0.453 e. The minimum absolute atomic E-state index is 0.203. The number of amides is 1. The third kappa shape index (κ3) is 4.51. The Morgan fingerprint density at radius 2 is 1.73 bits per heavy atom. The van der Waals surface area contributed by atoms with E-state index in [-0.39, 0.29) is 5.78 Å². The second kappa shape index (κ2) is 7.87. The van der Waals surface area contributed by atoms with Crippen molar-refractivity contribution in [2.45, 2.75) is 10.3 Å². The molecule has 0 bridgehead atoms. The Hall–Kier alpha value is -1.98. The molecule has 0 aliphatic heterocycles. The van der Waals surface area contributed by atoms with Crippen LogP contribution in [0.3, 0.4) is 0 Å². The summed E-state index contributed by atoms with van der Waals surface area (Å²) in [5, 5.41) is 2.37. The first kappa shape index (κ1) is 16.4. The number of alkyl carbamates (subject to hydrolysis) is 1. The van der Waals surface area contributed by atoms with Gasteiger partial charge in [0.05, 0.1) is 7.11 Å². The molecule has 0 spiro atoms. The summed E-state index contributed by atoms with van der Waals surface area (Å²) in [6.07, 6.45) is -0.657. The van der Waals surface area contributed by atoms with E-state index in [0.29, 0.717) is 10.6 Å². The number of methoxy groups -OCH3 is 1. The second-order valence-electron chi connectivity index (χ2n) is 4.32. The number of nitrogens with one attached hydrogen (secondary N) is 1. The first-order valence-electron chi connectivity index (χ1n) is 6.46. The lowest BCUT2D eigenvalue weighted by Crippen LogP contribution is -2.38. The molecular formula is C16H14ClNO3S. The molecule has 0 aliphatic carbocycles. The van der Waals surface area contributed by atoms with Gasteiger partial charge in [0.25, 0.3) is 0 Å². The van der Waals surface area contributed by atoms with Crippen molar-refractivity contribution < 1.29 is 14.3 Å². The van der Waals surface area contributed by atoms with Crippen molar-refractivity contribution in [2.75, 3.05) is 7.11 Å². The third-order valence-electron chi connectivity index (χ3n) is 2.80. The Bertz CT molecular complexity index is 646. The lowest BCUT2D eigenvalue weighted by molar-refractivity contribution is 0.0970. The molecule has 2 aromatic rings. The highest BCUT2D eigenvalue weighted by molar-refractivity contribution is 8.00. The van der Waals surface area contributed by atoms with Gasteiger partial charge in [-0.3, -0.25) is 4.79 Å². The fourth-order valence-corrected chi connectivity index (χ4v) is 2.81. The van der Waals surface area contributed by atoms with Crippen LogP contribution in [0.5, 0.6) is 0 Å². The highest BCUT2D eigenvalue weighted by Crippen LogP contribution is 2.26. The molecule has 22 heavy (non-hydrogen) atoms. The first-order chi connectivity index (χ1) is 10.6. The van der Waals surface area contributed by atoms with Crippen molar-refractivity contribution >= 4 is 35.2 Å². The molecule has 1 N–H and O–H groups in total. The number of ketones is 1. The van der Waals surface area contributed by atoms with Gasteiger partial charge < -0.3 is 10.1 Å². The molecule has 0 saturated heterocycles. The summed E-state index contributed by atoms with van der Waals surface area (Å²) in [6, 6.07) is 15.8. The molecule has 114 valence electrons. The largest absolute Gasteiger partial charge is 0.453 e. The van der Waals surface area contributed by atoms with Crippen molar-refractivity contribution in [1.29, 1.82) is 0 Å². The number of thioether (sulfide) groups is 1. The zero-order chi connectivity index (χ0) is 15.9. The van der Waals surface area contributed by atoms with E-state index in [1.54, 1.807) is 48.5 Å². The van der Waals surface area contributed by atoms with Crippen LogP contribution < -0.4 is 5.32 Å². The van der Waals surface area contributed by atoms with Gasteiger partial charge in [-0.15, -0.1) is 0 Å². The van der Waals surface area contributed by atoms with Crippen molar-refractivity contribution in [3.63, 3.8) is 0 Å². The molecule has 0 unspecified atom stereocenters. The SMILES string of the molecule is COC(=O)N[C@H](Sc1ccc(Cl)cc1)C(=O)c1ccccc1. The lowest BCUT2D eigenvalue weighted by Gasteiger charge is -2.16. The van der Waals surface area contributed by atoms with E-state index >= 15 is 0 Å². The van der Waals surface area contributed by atoms with Crippen LogP contribution >= 0.6 is 23.4 Å². The Morgan fingerprint density at radius 3 is 2.32 bits per heavy atom. The maximum atomic E-state index is 12.6. The summed E-state index contributed by atoms with van der Waals surface area (Å²) in [6.45, 7) is 0. The molecule has 0 radical (unpaired) electrons. The van der Waals surface area contributed by atoms with Gasteiger partial charge in [-0.25, -0.2) is 4.79 Å². The van der Waals surface area contributed by atoms with Crippen LogP contribution in [0, 0.1) is 0 Å². The van der Waals surface area contributed by atoms with Gasteiger partial charge in [0, 0.05) is 15.5 Å². The summed E-state index contributed by atoms with van der Waals surface area (Å²) in [5.74, 6) is -0.203. The average Bonchev–Trinajstić information content (AvgIpc) is 2.56. The van der Waals surface area contributed by atoms with E-state index in [9.17, 15) is 9.59 Å². The first-order valence-corrected chi connectivity index (χ1v) is 7.72. The fourth-order valence-electron chi connectivity index (χ4n) is 1.72. The summed E-state index contributed by atoms with van der Waals surface area (Å²) in [5.41, 5.74) is 0.519. The Balaban J connectivity index is 2.20. The van der Waals surface area contributed by atoms with Gasteiger partial charge in [0.15, 0.2) is 5.78 Å². The lowest BCUT2D eigenvalue weighted by atomic mass is 10.1. The van der Waals surface area contributed by atoms with Gasteiger partial charge in [-0.2, -0.15) is 0 Å². The maximum Gasteiger partial charge on any atom is 0.408 e. The number of ether oxygens (including phenoxy) is 1. The minimum atomic E-state index is -0.781. The number of hydrogen-bond donors (Lipinski definition) is 1. The Kier molecular flexibility index (Phi) is 5.86. The quantitative estimate of drug-likeness (QED) is 0.510. The molecule has 6 heteroatoms. The smallest absolute Gasteiger partial charge is 0.408 e. The van der Waals surface area contributed by atoms with Crippen LogP contribution in [-0.4, -0.2) is 24.4 Å². The van der Waals surface area contributed by atoms with Gasteiger partial charge in [-0.1, -0.05) is 53.7 Å². The number of Topliss-reactive ketones (excluding diaryl/α,β-unsaturated/α-hetero) is 1. The second-order valence-corrected chi connectivity index (χ2v) is 5.93. The van der Waals surface area contributed by atoms with E-state index in [1.807, 2.05) is 6.07 Å².